The summed E-state index contributed by atoms with van der Waals surface area (Å²) in [6, 6.07) is -0.352. The maximum absolute atomic E-state index is 12.1. The average molecular weight is 239 g/mol. The molecule has 0 heterocycles. The van der Waals surface area contributed by atoms with E-state index in [0.717, 1.165) is 24.7 Å². The Morgan fingerprint density at radius 2 is 1.76 bits per heavy atom. The van der Waals surface area contributed by atoms with Crippen LogP contribution in [0.1, 0.15) is 33.1 Å². The highest BCUT2D eigenvalue weighted by atomic mass is 16.5. The van der Waals surface area contributed by atoms with Gasteiger partial charge in [-0.2, -0.15) is 0 Å². The van der Waals surface area contributed by atoms with Crippen LogP contribution >= 0.6 is 0 Å². The fourth-order valence-electron chi connectivity index (χ4n) is 3.00. The van der Waals surface area contributed by atoms with Crippen LogP contribution in [0.3, 0.4) is 0 Å². The second-order valence-electron chi connectivity index (χ2n) is 5.66. The molecule has 0 bridgehead atoms. The first-order valence-electron chi connectivity index (χ1n) is 6.41. The number of methoxy groups -OCH3 is 1. The van der Waals surface area contributed by atoms with Gasteiger partial charge in [-0.3, -0.25) is 4.79 Å². The van der Waals surface area contributed by atoms with Gasteiger partial charge in [-0.15, -0.1) is 0 Å². The van der Waals surface area contributed by atoms with Crippen molar-refractivity contribution in [3.63, 3.8) is 0 Å². The maximum atomic E-state index is 12.1. The molecular weight excluding hydrogens is 218 g/mol. The highest BCUT2D eigenvalue weighted by Crippen LogP contribution is 2.55. The third-order valence-electron chi connectivity index (χ3n) is 4.09. The van der Waals surface area contributed by atoms with Crippen LogP contribution in [-0.4, -0.2) is 25.0 Å². The Morgan fingerprint density at radius 1 is 1.18 bits per heavy atom. The first-order chi connectivity index (χ1) is 8.02. The molecule has 2 fully saturated rings. The molecule has 2 rings (SSSR count). The van der Waals surface area contributed by atoms with Crippen molar-refractivity contribution in [3.8, 4) is 0 Å². The van der Waals surface area contributed by atoms with Crippen molar-refractivity contribution in [2.24, 2.45) is 23.7 Å². The van der Waals surface area contributed by atoms with Crippen molar-refractivity contribution in [1.82, 2.24) is 5.32 Å². The van der Waals surface area contributed by atoms with E-state index in [1.807, 2.05) is 13.8 Å². The second-order valence-corrected chi connectivity index (χ2v) is 5.66. The molecule has 1 amide bonds. The Bertz CT molecular complexity index is 317. The molecule has 0 radical (unpaired) electrons. The van der Waals surface area contributed by atoms with E-state index in [1.165, 1.54) is 13.5 Å². The van der Waals surface area contributed by atoms with E-state index >= 15 is 0 Å². The number of Topliss-reactive ketones (excluding diaryl/α,β-unsaturated/α-hetero) is 1. The summed E-state index contributed by atoms with van der Waals surface area (Å²) >= 11 is 0. The normalized spacial score (nSPS) is 31.9. The lowest BCUT2D eigenvalue weighted by atomic mass is 9.87. The van der Waals surface area contributed by atoms with E-state index in [0.29, 0.717) is 5.92 Å². The topological polar surface area (TPSA) is 55.4 Å². The fourth-order valence-corrected chi connectivity index (χ4v) is 3.00. The van der Waals surface area contributed by atoms with E-state index in [4.69, 9.17) is 0 Å². The number of hydrogen-bond acceptors (Lipinski definition) is 3. The SMILES string of the molecule is COC(=O)NC(C(=O)C(C)C)C1C[C@@H]2C[C@@H]2C1. The molecule has 1 N–H and O–H groups in total. The van der Waals surface area contributed by atoms with E-state index in [2.05, 4.69) is 10.1 Å². The Labute approximate surface area is 102 Å². The maximum Gasteiger partial charge on any atom is 0.407 e. The number of ether oxygens (including phenoxy) is 1. The molecule has 2 aliphatic rings. The number of amides is 1. The molecule has 0 aromatic carbocycles. The van der Waals surface area contributed by atoms with Gasteiger partial charge >= 0.3 is 6.09 Å². The van der Waals surface area contributed by atoms with Gasteiger partial charge in [0.25, 0.3) is 0 Å². The van der Waals surface area contributed by atoms with Crippen LogP contribution in [0.25, 0.3) is 0 Å². The van der Waals surface area contributed by atoms with Crippen molar-refractivity contribution in [3.05, 3.63) is 0 Å². The van der Waals surface area contributed by atoms with Gasteiger partial charge in [-0.25, -0.2) is 4.79 Å². The summed E-state index contributed by atoms with van der Waals surface area (Å²) in [5.41, 5.74) is 0. The van der Waals surface area contributed by atoms with E-state index in [1.54, 1.807) is 0 Å². The molecule has 0 saturated heterocycles. The van der Waals surface area contributed by atoms with Crippen LogP contribution in [0.4, 0.5) is 4.79 Å². The van der Waals surface area contributed by atoms with Crippen molar-refractivity contribution < 1.29 is 14.3 Å². The molecule has 17 heavy (non-hydrogen) atoms. The number of carbonyl (C=O) groups excluding carboxylic acids is 2. The quantitative estimate of drug-likeness (QED) is 0.816. The van der Waals surface area contributed by atoms with Crippen LogP contribution in [0.5, 0.6) is 0 Å². The number of hydrogen-bond donors (Lipinski definition) is 1. The number of alkyl carbamates (subject to hydrolysis) is 1. The molecule has 2 saturated carbocycles. The molecule has 4 atom stereocenters. The Morgan fingerprint density at radius 3 is 2.24 bits per heavy atom. The predicted molar refractivity (Wildman–Crippen MR) is 63.5 cm³/mol. The van der Waals surface area contributed by atoms with Crippen LogP contribution in [-0.2, 0) is 9.53 Å². The van der Waals surface area contributed by atoms with Gasteiger partial charge in [0.1, 0.15) is 0 Å². The van der Waals surface area contributed by atoms with Crippen LogP contribution in [0.2, 0.25) is 0 Å². The van der Waals surface area contributed by atoms with Crippen molar-refractivity contribution in [2.75, 3.05) is 7.11 Å². The second kappa shape index (κ2) is 4.67. The largest absolute Gasteiger partial charge is 0.453 e. The highest BCUT2D eigenvalue weighted by Gasteiger charge is 2.49. The van der Waals surface area contributed by atoms with Crippen LogP contribution in [0, 0.1) is 23.7 Å². The van der Waals surface area contributed by atoms with E-state index in [-0.39, 0.29) is 17.7 Å². The van der Waals surface area contributed by atoms with Crippen molar-refractivity contribution >= 4 is 11.9 Å². The predicted octanol–water partition coefficient (Wildman–Crippen LogP) is 1.98. The van der Waals surface area contributed by atoms with E-state index < -0.39 is 6.09 Å². The summed E-state index contributed by atoms with van der Waals surface area (Å²) in [7, 11) is 1.33. The summed E-state index contributed by atoms with van der Waals surface area (Å²) in [5, 5.41) is 2.72. The molecule has 2 unspecified atom stereocenters. The molecule has 4 nitrogen and oxygen atoms in total. The first kappa shape index (κ1) is 12.4. The standard InChI is InChI=1S/C13H21NO3/c1-7(2)12(15)11(14-13(16)17-3)10-5-8-4-9(8)6-10/h7-11H,4-6H2,1-3H3,(H,14,16)/t8-,9+,10?,11?. The number of nitrogens with one attached hydrogen (secondary N) is 1. The van der Waals surface area contributed by atoms with Crippen molar-refractivity contribution in [2.45, 2.75) is 39.2 Å². The molecule has 0 aromatic rings. The highest BCUT2D eigenvalue weighted by molar-refractivity contribution is 5.89. The molecule has 0 aliphatic heterocycles. The third kappa shape index (κ3) is 2.61. The molecule has 96 valence electrons. The zero-order chi connectivity index (χ0) is 12.6. The summed E-state index contributed by atoms with van der Waals surface area (Å²) in [6.07, 6.45) is 2.98. The molecule has 0 spiro atoms. The minimum absolute atomic E-state index is 0.0471. The summed E-state index contributed by atoms with van der Waals surface area (Å²) in [6.45, 7) is 3.76. The zero-order valence-corrected chi connectivity index (χ0v) is 10.7. The van der Waals surface area contributed by atoms with Crippen LogP contribution in [0.15, 0.2) is 0 Å². The first-order valence-corrected chi connectivity index (χ1v) is 6.41. The van der Waals surface area contributed by atoms with E-state index in [9.17, 15) is 9.59 Å². The summed E-state index contributed by atoms with van der Waals surface area (Å²) in [5.74, 6) is 2.01. The Kier molecular flexibility index (Phi) is 3.40. The number of rotatable bonds is 4. The smallest absolute Gasteiger partial charge is 0.407 e. The number of carbonyl (C=O) groups is 2. The Hall–Kier alpha value is -1.06. The summed E-state index contributed by atoms with van der Waals surface area (Å²) in [4.78, 5) is 23.4. The lowest BCUT2D eigenvalue weighted by molar-refractivity contribution is -0.125. The molecular formula is C13H21NO3. The van der Waals surface area contributed by atoms with Gasteiger partial charge in [0.2, 0.25) is 0 Å². The minimum atomic E-state index is -0.496. The van der Waals surface area contributed by atoms with Gasteiger partial charge in [0, 0.05) is 5.92 Å². The number of fused-ring (bicyclic) bond motifs is 1. The van der Waals surface area contributed by atoms with Gasteiger partial charge in [0.05, 0.1) is 13.2 Å². The monoisotopic (exact) mass is 239 g/mol. The third-order valence-corrected chi connectivity index (χ3v) is 4.09. The van der Waals surface area contributed by atoms with Crippen LogP contribution < -0.4 is 5.32 Å². The van der Waals surface area contributed by atoms with Crippen molar-refractivity contribution in [1.29, 1.82) is 0 Å². The zero-order valence-electron chi connectivity index (χ0n) is 10.7. The lowest BCUT2D eigenvalue weighted by Crippen LogP contribution is -2.47. The van der Waals surface area contributed by atoms with Gasteiger partial charge in [-0.1, -0.05) is 13.8 Å². The summed E-state index contributed by atoms with van der Waals surface area (Å²) < 4.78 is 4.61. The number of ketones is 1. The molecule has 2 aliphatic carbocycles. The van der Waals surface area contributed by atoms with Gasteiger partial charge < -0.3 is 10.1 Å². The minimum Gasteiger partial charge on any atom is -0.453 e. The van der Waals surface area contributed by atoms with Gasteiger partial charge in [0.15, 0.2) is 5.78 Å². The lowest BCUT2D eigenvalue weighted by Gasteiger charge is -2.25. The van der Waals surface area contributed by atoms with Gasteiger partial charge in [-0.05, 0) is 37.0 Å². The fraction of sp³-hybridized carbons (Fsp3) is 0.846. The molecule has 0 aromatic heterocycles. The Balaban J connectivity index is 2.01. The molecule has 4 heteroatoms. The average Bonchev–Trinajstić information content (AvgIpc) is 2.91.